The number of nitrogens with zero attached hydrogens (tertiary/aromatic N) is 2. The van der Waals surface area contributed by atoms with Crippen LogP contribution in [0.15, 0.2) is 17.6 Å². The van der Waals surface area contributed by atoms with E-state index in [9.17, 15) is 0 Å². The van der Waals surface area contributed by atoms with Gasteiger partial charge in [-0.05, 0) is 26.9 Å². The van der Waals surface area contributed by atoms with E-state index < -0.39 is 0 Å². The van der Waals surface area contributed by atoms with Gasteiger partial charge in [0.1, 0.15) is 0 Å². The van der Waals surface area contributed by atoms with Gasteiger partial charge in [0, 0.05) is 12.1 Å². The highest BCUT2D eigenvalue weighted by Gasteiger charge is 2.32. The van der Waals surface area contributed by atoms with Crippen LogP contribution in [-0.2, 0) is 0 Å². The van der Waals surface area contributed by atoms with E-state index in [-0.39, 0.29) is 5.54 Å². The highest BCUT2D eigenvalue weighted by atomic mass is 15.2. The van der Waals surface area contributed by atoms with E-state index in [1.165, 1.54) is 38.5 Å². The summed E-state index contributed by atoms with van der Waals surface area (Å²) in [7, 11) is 4.32. The molecule has 0 heterocycles. The molecule has 1 fully saturated rings. The molecule has 4 heteroatoms. The first-order valence-corrected chi connectivity index (χ1v) is 6.93. The Bertz CT molecular complexity index is 276. The van der Waals surface area contributed by atoms with Crippen LogP contribution in [-0.4, -0.2) is 43.6 Å². The van der Waals surface area contributed by atoms with Gasteiger partial charge in [0.15, 0.2) is 5.96 Å². The van der Waals surface area contributed by atoms with Crippen LogP contribution in [0.4, 0.5) is 0 Å². The Morgan fingerprint density at radius 3 is 2.44 bits per heavy atom. The molecule has 0 aromatic carbocycles. The molecule has 0 radical (unpaired) electrons. The van der Waals surface area contributed by atoms with Crippen molar-refractivity contribution in [1.82, 2.24) is 10.2 Å². The van der Waals surface area contributed by atoms with Crippen LogP contribution in [0.5, 0.6) is 0 Å². The molecule has 4 nitrogen and oxygen atoms in total. The average molecular weight is 252 g/mol. The summed E-state index contributed by atoms with van der Waals surface area (Å²) in [6, 6.07) is 0. The highest BCUT2D eigenvalue weighted by molar-refractivity contribution is 5.77. The van der Waals surface area contributed by atoms with E-state index in [1.807, 2.05) is 0 Å². The van der Waals surface area contributed by atoms with Crippen molar-refractivity contribution in [2.45, 2.75) is 44.1 Å². The van der Waals surface area contributed by atoms with Crippen molar-refractivity contribution in [3.8, 4) is 0 Å². The molecule has 1 aliphatic rings. The average Bonchev–Trinajstić information content (AvgIpc) is 2.60. The Kier molecular flexibility index (Phi) is 6.19. The number of nitrogens with two attached hydrogens (primary N) is 1. The molecule has 0 atom stereocenters. The van der Waals surface area contributed by atoms with Crippen molar-refractivity contribution in [3.63, 3.8) is 0 Å². The van der Waals surface area contributed by atoms with E-state index in [0.717, 1.165) is 6.54 Å². The molecular weight excluding hydrogens is 224 g/mol. The Labute approximate surface area is 111 Å². The minimum absolute atomic E-state index is 0.191. The lowest BCUT2D eigenvalue weighted by atomic mass is 9.89. The largest absolute Gasteiger partial charge is 0.370 e. The van der Waals surface area contributed by atoms with Gasteiger partial charge in [0.05, 0.1) is 6.54 Å². The number of likely N-dealkylation sites (N-methyl/N-ethyl adjacent to an activating group) is 1. The highest BCUT2D eigenvalue weighted by Crippen LogP contribution is 2.31. The molecular formula is C14H28N4. The molecule has 18 heavy (non-hydrogen) atoms. The fourth-order valence-corrected chi connectivity index (χ4v) is 2.60. The Morgan fingerprint density at radius 2 is 1.94 bits per heavy atom. The summed E-state index contributed by atoms with van der Waals surface area (Å²) < 4.78 is 0. The molecule has 1 rings (SSSR count). The van der Waals surface area contributed by atoms with Crippen LogP contribution in [0.25, 0.3) is 0 Å². The fraction of sp³-hybridized carbons (Fsp3) is 0.786. The summed E-state index contributed by atoms with van der Waals surface area (Å²) in [4.78, 5) is 6.85. The van der Waals surface area contributed by atoms with Crippen molar-refractivity contribution in [2.24, 2.45) is 10.7 Å². The second-order valence-corrected chi connectivity index (χ2v) is 5.40. The van der Waals surface area contributed by atoms with Gasteiger partial charge in [-0.15, -0.1) is 6.58 Å². The summed E-state index contributed by atoms with van der Waals surface area (Å²) in [6.45, 7) is 5.11. The summed E-state index contributed by atoms with van der Waals surface area (Å²) in [5.74, 6) is 0.528. The van der Waals surface area contributed by atoms with Crippen LogP contribution in [0.2, 0.25) is 0 Å². The second-order valence-electron chi connectivity index (χ2n) is 5.40. The van der Waals surface area contributed by atoms with Crippen molar-refractivity contribution < 1.29 is 0 Å². The van der Waals surface area contributed by atoms with Gasteiger partial charge in [-0.2, -0.15) is 0 Å². The number of hydrogen-bond acceptors (Lipinski definition) is 2. The predicted molar refractivity (Wildman–Crippen MR) is 78.8 cm³/mol. The van der Waals surface area contributed by atoms with Gasteiger partial charge in [0.2, 0.25) is 0 Å². The van der Waals surface area contributed by atoms with E-state index >= 15 is 0 Å². The van der Waals surface area contributed by atoms with E-state index in [2.05, 4.69) is 35.9 Å². The maximum Gasteiger partial charge on any atom is 0.188 e. The Morgan fingerprint density at radius 1 is 1.33 bits per heavy atom. The number of guanidine groups is 1. The molecule has 0 saturated heterocycles. The number of aliphatic imine (C=N–C) groups is 1. The summed E-state index contributed by atoms with van der Waals surface area (Å²) in [6.07, 6.45) is 9.53. The topological polar surface area (TPSA) is 53.6 Å². The molecule has 1 aliphatic carbocycles. The first-order chi connectivity index (χ1) is 8.60. The third kappa shape index (κ3) is 4.33. The molecule has 0 spiro atoms. The smallest absolute Gasteiger partial charge is 0.188 e. The van der Waals surface area contributed by atoms with Gasteiger partial charge in [0.25, 0.3) is 0 Å². The molecule has 1 saturated carbocycles. The zero-order valence-corrected chi connectivity index (χ0v) is 11.9. The van der Waals surface area contributed by atoms with Gasteiger partial charge >= 0.3 is 0 Å². The third-order valence-electron chi connectivity index (χ3n) is 3.95. The number of rotatable bonds is 5. The minimum Gasteiger partial charge on any atom is -0.370 e. The Balaban J connectivity index is 2.64. The SMILES string of the molecule is C=CCNC(N)=NCC1(N(C)C)CCCCCC1. The van der Waals surface area contributed by atoms with Crippen molar-refractivity contribution in [1.29, 1.82) is 0 Å². The summed E-state index contributed by atoms with van der Waals surface area (Å²) in [5, 5.41) is 3.03. The fourth-order valence-electron chi connectivity index (χ4n) is 2.60. The van der Waals surface area contributed by atoms with Crippen LogP contribution >= 0.6 is 0 Å². The van der Waals surface area contributed by atoms with E-state index in [1.54, 1.807) is 6.08 Å². The lowest BCUT2D eigenvalue weighted by molar-refractivity contribution is 0.138. The third-order valence-corrected chi connectivity index (χ3v) is 3.95. The maximum absolute atomic E-state index is 5.85. The molecule has 0 aliphatic heterocycles. The van der Waals surface area contributed by atoms with Gasteiger partial charge in [-0.25, -0.2) is 0 Å². The maximum atomic E-state index is 5.85. The quantitative estimate of drug-likeness (QED) is 0.339. The lowest BCUT2D eigenvalue weighted by Gasteiger charge is -2.38. The minimum atomic E-state index is 0.191. The molecule has 0 aromatic heterocycles. The van der Waals surface area contributed by atoms with Crippen molar-refractivity contribution in [2.75, 3.05) is 27.2 Å². The molecule has 0 bridgehead atoms. The Hall–Kier alpha value is -1.03. The predicted octanol–water partition coefficient (Wildman–Crippen LogP) is 1.73. The zero-order valence-electron chi connectivity index (χ0n) is 11.9. The van der Waals surface area contributed by atoms with E-state index in [4.69, 9.17) is 5.73 Å². The molecule has 3 N–H and O–H groups in total. The first-order valence-electron chi connectivity index (χ1n) is 6.93. The monoisotopic (exact) mass is 252 g/mol. The van der Waals surface area contributed by atoms with Gasteiger partial charge in [-0.1, -0.05) is 31.8 Å². The zero-order chi connectivity index (χ0) is 13.4. The molecule has 0 unspecified atom stereocenters. The second kappa shape index (κ2) is 7.41. The van der Waals surface area contributed by atoms with Crippen LogP contribution in [0.3, 0.4) is 0 Å². The normalized spacial score (nSPS) is 20.5. The van der Waals surface area contributed by atoms with Gasteiger partial charge < -0.3 is 16.0 Å². The van der Waals surface area contributed by atoms with Crippen LogP contribution in [0.1, 0.15) is 38.5 Å². The van der Waals surface area contributed by atoms with Gasteiger partial charge in [-0.3, -0.25) is 4.99 Å². The lowest BCUT2D eigenvalue weighted by Crippen LogP contribution is -2.47. The number of nitrogens with one attached hydrogen (secondary N) is 1. The van der Waals surface area contributed by atoms with Crippen molar-refractivity contribution in [3.05, 3.63) is 12.7 Å². The van der Waals surface area contributed by atoms with E-state index in [0.29, 0.717) is 12.5 Å². The first kappa shape index (κ1) is 15.0. The van der Waals surface area contributed by atoms with Crippen LogP contribution in [0, 0.1) is 0 Å². The van der Waals surface area contributed by atoms with Crippen molar-refractivity contribution >= 4 is 5.96 Å². The summed E-state index contributed by atoms with van der Waals surface area (Å²) in [5.41, 5.74) is 6.04. The molecule has 104 valence electrons. The molecule has 0 amide bonds. The summed E-state index contributed by atoms with van der Waals surface area (Å²) >= 11 is 0. The number of hydrogen-bond donors (Lipinski definition) is 2. The molecule has 0 aromatic rings. The van der Waals surface area contributed by atoms with Crippen LogP contribution < -0.4 is 11.1 Å². The standard InChI is InChI=1S/C14H28N4/c1-4-11-16-13(15)17-12-14(18(2)3)9-7-5-6-8-10-14/h4H,1,5-12H2,2-3H3,(H3,15,16,17).